The van der Waals surface area contributed by atoms with Gasteiger partial charge in [-0.15, -0.1) is 11.8 Å². The fourth-order valence-electron chi connectivity index (χ4n) is 2.11. The van der Waals surface area contributed by atoms with Gasteiger partial charge < -0.3 is 9.64 Å². The van der Waals surface area contributed by atoms with Crippen LogP contribution in [-0.4, -0.2) is 39.5 Å². The summed E-state index contributed by atoms with van der Waals surface area (Å²) in [5.41, 5.74) is -0.175. The van der Waals surface area contributed by atoms with Crippen molar-refractivity contribution in [1.29, 1.82) is 0 Å². The maximum Gasteiger partial charge on any atom is 0.323 e. The summed E-state index contributed by atoms with van der Waals surface area (Å²) in [5, 5.41) is 15.0. The number of fused-ring (bicyclic) bond motifs is 1. The third-order valence-electron chi connectivity index (χ3n) is 3.17. The van der Waals surface area contributed by atoms with Gasteiger partial charge in [-0.2, -0.15) is 14.8 Å². The van der Waals surface area contributed by atoms with Crippen molar-refractivity contribution in [3.05, 3.63) is 46.6 Å². The van der Waals surface area contributed by atoms with Gasteiger partial charge in [-0.1, -0.05) is 19.9 Å². The third-order valence-corrected chi connectivity index (χ3v) is 4.01. The van der Waals surface area contributed by atoms with Crippen molar-refractivity contribution in [1.82, 2.24) is 9.78 Å². The smallest absolute Gasteiger partial charge is 0.323 e. The molecule has 1 aliphatic heterocycles. The van der Waals surface area contributed by atoms with Crippen molar-refractivity contribution in [2.24, 2.45) is 4.99 Å². The van der Waals surface area contributed by atoms with E-state index in [0.717, 1.165) is 5.82 Å². The Morgan fingerprint density at radius 1 is 1.33 bits per heavy atom. The van der Waals surface area contributed by atoms with Gasteiger partial charge in [0.05, 0.1) is 17.2 Å². The Balaban J connectivity index is 0.00000100. The van der Waals surface area contributed by atoms with Gasteiger partial charge in [-0.05, 0) is 12.3 Å². The van der Waals surface area contributed by atoms with Crippen LogP contribution in [0.15, 0.2) is 41.5 Å². The molecule has 0 radical (unpaired) electrons. The van der Waals surface area contributed by atoms with E-state index in [1.165, 1.54) is 12.1 Å². The Morgan fingerprint density at radius 2 is 2.08 bits per heavy atom. The zero-order chi connectivity index (χ0) is 17.7. The molecule has 1 atom stereocenters. The van der Waals surface area contributed by atoms with E-state index in [2.05, 4.69) is 10.1 Å². The number of hydrogen-bond acceptors (Lipinski definition) is 7. The minimum Gasteiger partial charge on any atom is -0.424 e. The van der Waals surface area contributed by atoms with Crippen LogP contribution in [0.25, 0.3) is 0 Å². The Hall–Kier alpha value is -2.55. The van der Waals surface area contributed by atoms with E-state index in [4.69, 9.17) is 4.74 Å². The minimum atomic E-state index is -0.465. The number of nitro benzene ring substituents is 1. The molecule has 1 aromatic carbocycles. The molecule has 0 N–H and O–H groups in total. The molecular formula is C15H19N5O3S. The van der Waals surface area contributed by atoms with Crippen LogP contribution in [0.4, 0.5) is 11.5 Å². The second-order valence-electron chi connectivity index (χ2n) is 4.54. The highest BCUT2D eigenvalue weighted by molar-refractivity contribution is 7.99. The maximum atomic E-state index is 10.8. The number of aliphatic imine (C=N–C) groups is 1. The van der Waals surface area contributed by atoms with Crippen LogP contribution in [0.3, 0.4) is 0 Å². The molecule has 128 valence electrons. The first-order valence-electron chi connectivity index (χ1n) is 7.40. The van der Waals surface area contributed by atoms with Gasteiger partial charge >= 0.3 is 6.02 Å². The molecule has 2 heterocycles. The topological polar surface area (TPSA) is 85.8 Å². The second-order valence-corrected chi connectivity index (χ2v) is 5.44. The number of non-ortho nitro benzene ring substituents is 1. The Bertz CT molecular complexity index is 746. The highest BCUT2D eigenvalue weighted by Crippen LogP contribution is 2.27. The Morgan fingerprint density at radius 3 is 2.75 bits per heavy atom. The standard InChI is InChI=1S/C13H13N5O3S.C2H6/c1-16-11-6-7-14-17(11)12(15-13(16)22-2)21-10-5-3-4-9(8-10)18(19)20;1-2/h3-8,13H,1-2H3;1-2H3. The van der Waals surface area contributed by atoms with E-state index in [0.29, 0.717) is 5.75 Å². The van der Waals surface area contributed by atoms with E-state index in [1.54, 1.807) is 34.8 Å². The van der Waals surface area contributed by atoms with Crippen molar-refractivity contribution < 1.29 is 9.66 Å². The third kappa shape index (κ3) is 3.51. The highest BCUT2D eigenvalue weighted by Gasteiger charge is 2.26. The van der Waals surface area contributed by atoms with Crippen molar-refractivity contribution >= 4 is 29.3 Å². The first-order chi connectivity index (χ1) is 11.6. The number of nitro groups is 1. The predicted octanol–water partition coefficient (Wildman–Crippen LogP) is 3.20. The van der Waals surface area contributed by atoms with Crippen LogP contribution in [0.5, 0.6) is 5.75 Å². The number of ether oxygens (including phenoxy) is 1. The summed E-state index contributed by atoms with van der Waals surface area (Å²) in [6, 6.07) is 8.13. The van der Waals surface area contributed by atoms with Crippen LogP contribution in [0.2, 0.25) is 0 Å². The van der Waals surface area contributed by atoms with Crippen molar-refractivity contribution in [2.75, 3.05) is 18.2 Å². The summed E-state index contributed by atoms with van der Waals surface area (Å²) in [6.45, 7) is 4.00. The van der Waals surface area contributed by atoms with Crippen LogP contribution in [-0.2, 0) is 0 Å². The van der Waals surface area contributed by atoms with Gasteiger partial charge in [0.15, 0.2) is 5.50 Å². The van der Waals surface area contributed by atoms with E-state index >= 15 is 0 Å². The molecule has 0 bridgehead atoms. The normalized spacial score (nSPS) is 15.8. The number of nitrogens with zero attached hydrogens (tertiary/aromatic N) is 5. The number of aromatic nitrogens is 2. The lowest BCUT2D eigenvalue weighted by Gasteiger charge is -2.30. The summed E-state index contributed by atoms with van der Waals surface area (Å²) in [4.78, 5) is 16.8. The molecule has 0 saturated heterocycles. The number of anilines is 1. The zero-order valence-corrected chi connectivity index (χ0v) is 14.7. The average Bonchev–Trinajstić information content (AvgIpc) is 3.10. The monoisotopic (exact) mass is 349 g/mol. The van der Waals surface area contributed by atoms with Gasteiger partial charge in [0, 0.05) is 19.2 Å². The fourth-order valence-corrected chi connectivity index (χ4v) is 2.73. The molecule has 2 aromatic rings. The zero-order valence-electron chi connectivity index (χ0n) is 13.9. The van der Waals surface area contributed by atoms with Gasteiger partial charge in [-0.25, -0.2) is 0 Å². The molecule has 0 amide bonds. The lowest BCUT2D eigenvalue weighted by atomic mass is 10.3. The van der Waals surface area contributed by atoms with Gasteiger partial charge in [0.25, 0.3) is 5.69 Å². The van der Waals surface area contributed by atoms with Crippen molar-refractivity contribution in [2.45, 2.75) is 19.3 Å². The Kier molecular flexibility index (Phi) is 5.80. The fraction of sp³-hybridized carbons (Fsp3) is 0.333. The molecule has 0 saturated carbocycles. The highest BCUT2D eigenvalue weighted by atomic mass is 32.2. The molecule has 1 unspecified atom stereocenters. The first-order valence-corrected chi connectivity index (χ1v) is 8.69. The summed E-state index contributed by atoms with van der Waals surface area (Å²) in [7, 11) is 1.92. The van der Waals surface area contributed by atoms with E-state index in [1.807, 2.05) is 38.1 Å². The van der Waals surface area contributed by atoms with Crippen LogP contribution < -0.4 is 9.64 Å². The average molecular weight is 349 g/mol. The van der Waals surface area contributed by atoms with Gasteiger partial charge in [-0.3, -0.25) is 10.1 Å². The molecule has 0 spiro atoms. The minimum absolute atomic E-state index is 0.0341. The summed E-state index contributed by atoms with van der Waals surface area (Å²) in [5.74, 6) is 1.19. The lowest BCUT2D eigenvalue weighted by Crippen LogP contribution is -2.39. The van der Waals surface area contributed by atoms with Crippen LogP contribution >= 0.6 is 11.8 Å². The summed E-state index contributed by atoms with van der Waals surface area (Å²) in [6.07, 6.45) is 3.60. The molecule has 1 aromatic heterocycles. The largest absolute Gasteiger partial charge is 0.424 e. The van der Waals surface area contributed by atoms with E-state index in [9.17, 15) is 10.1 Å². The molecule has 3 rings (SSSR count). The molecular weight excluding hydrogens is 330 g/mol. The summed E-state index contributed by atoms with van der Waals surface area (Å²) < 4.78 is 7.28. The molecule has 8 nitrogen and oxygen atoms in total. The van der Waals surface area contributed by atoms with Crippen molar-refractivity contribution in [3.8, 4) is 5.75 Å². The number of rotatable bonds is 3. The second kappa shape index (κ2) is 7.82. The van der Waals surface area contributed by atoms with Gasteiger partial charge in [0.1, 0.15) is 11.6 Å². The van der Waals surface area contributed by atoms with E-state index < -0.39 is 4.92 Å². The molecule has 0 fully saturated rings. The molecule has 1 aliphatic rings. The van der Waals surface area contributed by atoms with Gasteiger partial charge in [0.2, 0.25) is 0 Å². The van der Waals surface area contributed by atoms with E-state index in [-0.39, 0.29) is 17.2 Å². The quantitative estimate of drug-likeness (QED) is 0.625. The molecule has 0 aliphatic carbocycles. The Labute approximate surface area is 144 Å². The lowest BCUT2D eigenvalue weighted by molar-refractivity contribution is -0.384. The molecule has 9 heteroatoms. The van der Waals surface area contributed by atoms with Crippen LogP contribution in [0.1, 0.15) is 13.8 Å². The maximum absolute atomic E-state index is 10.8. The first kappa shape index (κ1) is 17.8. The number of benzene rings is 1. The predicted molar refractivity (Wildman–Crippen MR) is 95.8 cm³/mol. The number of hydrogen-bond donors (Lipinski definition) is 0. The van der Waals surface area contributed by atoms with Crippen molar-refractivity contribution in [3.63, 3.8) is 0 Å². The SMILES string of the molecule is CC.CSC1N=C(Oc2cccc([N+](=O)[O-])c2)n2nccc2N1C. The van der Waals surface area contributed by atoms with Crippen LogP contribution in [0, 0.1) is 10.1 Å². The molecule has 24 heavy (non-hydrogen) atoms. The number of thioether (sulfide) groups is 1. The summed E-state index contributed by atoms with van der Waals surface area (Å²) >= 11 is 1.55.